The van der Waals surface area contributed by atoms with Gasteiger partial charge in [0.25, 0.3) is 0 Å². The zero-order chi connectivity index (χ0) is 24.0. The van der Waals surface area contributed by atoms with Crippen LogP contribution in [-0.2, 0) is 20.9 Å². The Bertz CT molecular complexity index is 1320. The molecule has 2 aromatic heterocycles. The van der Waals surface area contributed by atoms with Gasteiger partial charge >= 0.3 is 12.1 Å². The van der Waals surface area contributed by atoms with Crippen molar-refractivity contribution in [1.82, 2.24) is 9.29 Å². The molecule has 0 atom stereocenters. The van der Waals surface area contributed by atoms with E-state index in [1.807, 2.05) is 0 Å². The summed E-state index contributed by atoms with van der Waals surface area (Å²) in [5.41, 5.74) is -1.05. The smallest absolute Gasteiger partial charge is 0.417 e. The fraction of sp³-hybridized carbons (Fsp3) is 0.300. The number of anilines is 1. The molecule has 0 aliphatic carbocycles. The lowest BCUT2D eigenvalue weighted by Gasteiger charge is -2.35. The molecule has 4 rings (SSSR count). The molecule has 1 aliphatic rings. The number of piperazine rings is 1. The molecular weight excluding hydrogens is 503 g/mol. The van der Waals surface area contributed by atoms with Gasteiger partial charge in [-0.2, -0.15) is 17.5 Å². The van der Waals surface area contributed by atoms with Crippen molar-refractivity contribution >= 4 is 55.0 Å². The van der Waals surface area contributed by atoms with E-state index in [1.165, 1.54) is 21.8 Å². The number of alkyl halides is 3. The maximum absolute atomic E-state index is 13.7. The van der Waals surface area contributed by atoms with Crippen molar-refractivity contribution in [3.8, 4) is 0 Å². The molecule has 0 saturated carbocycles. The van der Waals surface area contributed by atoms with Gasteiger partial charge in [-0.15, -0.1) is 11.3 Å². The van der Waals surface area contributed by atoms with E-state index in [-0.39, 0.29) is 57.7 Å². The molecule has 0 unspecified atom stereocenters. The minimum Gasteiger partial charge on any atom is -0.465 e. The second-order valence-electron chi connectivity index (χ2n) is 7.17. The SMILES string of the molecule is COC(=O)c1csc2c(C(F)(F)F)cc(N3CCN(S(=O)(=O)c4ccccc4Cl)CC3)nc12. The Hall–Kier alpha value is -2.41. The number of pyridine rings is 1. The van der Waals surface area contributed by atoms with Crippen LogP contribution in [0.5, 0.6) is 0 Å². The molecular formula is C20H17ClF3N3O4S2. The molecule has 1 fully saturated rings. The van der Waals surface area contributed by atoms with Crippen LogP contribution in [-0.4, -0.2) is 57.0 Å². The average Bonchev–Trinajstić information content (AvgIpc) is 3.21. The zero-order valence-corrected chi connectivity index (χ0v) is 19.5. The quantitative estimate of drug-likeness (QED) is 0.479. The van der Waals surface area contributed by atoms with Crippen LogP contribution in [0.1, 0.15) is 15.9 Å². The molecule has 0 bridgehead atoms. The van der Waals surface area contributed by atoms with E-state index < -0.39 is 27.7 Å². The van der Waals surface area contributed by atoms with Crippen LogP contribution in [0.25, 0.3) is 10.2 Å². The number of benzene rings is 1. The second-order valence-corrected chi connectivity index (χ2v) is 10.4. The Kier molecular flexibility index (Phi) is 6.29. The topological polar surface area (TPSA) is 79.8 Å². The molecule has 33 heavy (non-hydrogen) atoms. The highest BCUT2D eigenvalue weighted by Crippen LogP contribution is 2.40. The highest BCUT2D eigenvalue weighted by molar-refractivity contribution is 7.89. The summed E-state index contributed by atoms with van der Waals surface area (Å²) < 4.78 is 72.9. The normalized spacial score (nSPS) is 15.7. The van der Waals surface area contributed by atoms with E-state index in [4.69, 9.17) is 11.6 Å². The van der Waals surface area contributed by atoms with E-state index in [9.17, 15) is 26.4 Å². The maximum atomic E-state index is 13.7. The van der Waals surface area contributed by atoms with Crippen LogP contribution in [0, 0.1) is 0 Å². The van der Waals surface area contributed by atoms with Crippen LogP contribution < -0.4 is 4.90 Å². The molecule has 7 nitrogen and oxygen atoms in total. The van der Waals surface area contributed by atoms with Gasteiger partial charge in [-0.05, 0) is 18.2 Å². The first kappa shape index (κ1) is 23.7. The minimum absolute atomic E-state index is 0.00756. The lowest BCUT2D eigenvalue weighted by atomic mass is 10.1. The van der Waals surface area contributed by atoms with E-state index in [1.54, 1.807) is 17.0 Å². The number of carbonyl (C=O) groups excluding carboxylic acids is 1. The number of ether oxygens (including phenoxy) is 1. The third-order valence-electron chi connectivity index (χ3n) is 5.24. The van der Waals surface area contributed by atoms with Crippen molar-refractivity contribution in [2.45, 2.75) is 11.1 Å². The summed E-state index contributed by atoms with van der Waals surface area (Å²) in [7, 11) is -2.72. The maximum Gasteiger partial charge on any atom is 0.417 e. The number of carbonyl (C=O) groups is 1. The fourth-order valence-electron chi connectivity index (χ4n) is 3.57. The first-order valence-electron chi connectivity index (χ1n) is 9.61. The number of esters is 1. The second kappa shape index (κ2) is 8.75. The number of nitrogens with zero attached hydrogens (tertiary/aromatic N) is 3. The number of fused-ring (bicyclic) bond motifs is 1. The van der Waals surface area contributed by atoms with Gasteiger partial charge in [0, 0.05) is 31.6 Å². The number of methoxy groups -OCH3 is 1. The Morgan fingerprint density at radius 3 is 2.45 bits per heavy atom. The standard InChI is InChI=1S/C20H17ClF3N3O4S2/c1-31-19(28)12-11-32-18-13(20(22,23)24)10-16(25-17(12)18)26-6-8-27(9-7-26)33(29,30)15-5-3-2-4-14(15)21/h2-5,10-11H,6-9H2,1H3. The van der Waals surface area contributed by atoms with Crippen LogP contribution in [0.2, 0.25) is 5.02 Å². The van der Waals surface area contributed by atoms with E-state index in [0.717, 1.165) is 24.5 Å². The first-order valence-corrected chi connectivity index (χ1v) is 12.3. The number of sulfonamides is 1. The molecule has 3 heterocycles. The summed E-state index contributed by atoms with van der Waals surface area (Å²) in [6.45, 7) is 0.276. The van der Waals surface area contributed by atoms with Gasteiger partial charge in [-0.1, -0.05) is 23.7 Å². The number of thiophene rings is 1. The van der Waals surface area contributed by atoms with Gasteiger partial charge in [0.05, 0.1) is 33.5 Å². The molecule has 0 spiro atoms. The summed E-state index contributed by atoms with van der Waals surface area (Å²) in [5, 5.41) is 1.38. The summed E-state index contributed by atoms with van der Waals surface area (Å²) in [5.74, 6) is -0.775. The summed E-state index contributed by atoms with van der Waals surface area (Å²) in [6.07, 6.45) is -4.66. The van der Waals surface area contributed by atoms with E-state index in [2.05, 4.69) is 9.72 Å². The number of hydrogen-bond acceptors (Lipinski definition) is 7. The molecule has 176 valence electrons. The van der Waals surface area contributed by atoms with Gasteiger partial charge in [-0.25, -0.2) is 18.2 Å². The van der Waals surface area contributed by atoms with Gasteiger partial charge in [0.2, 0.25) is 10.0 Å². The van der Waals surface area contributed by atoms with Crippen molar-refractivity contribution in [3.63, 3.8) is 0 Å². The van der Waals surface area contributed by atoms with Crippen molar-refractivity contribution in [2.24, 2.45) is 0 Å². The van der Waals surface area contributed by atoms with Crippen LogP contribution >= 0.6 is 22.9 Å². The fourth-order valence-corrected chi connectivity index (χ4v) is 6.50. The van der Waals surface area contributed by atoms with Crippen molar-refractivity contribution in [3.05, 3.63) is 51.9 Å². The number of rotatable bonds is 4. The summed E-state index contributed by atoms with van der Waals surface area (Å²) in [6, 6.07) is 6.99. The molecule has 0 radical (unpaired) electrons. The predicted octanol–water partition coefficient (Wildman–Crippen LogP) is 4.27. The highest BCUT2D eigenvalue weighted by atomic mass is 35.5. The number of hydrogen-bond donors (Lipinski definition) is 0. The Balaban J connectivity index is 1.66. The zero-order valence-electron chi connectivity index (χ0n) is 17.1. The monoisotopic (exact) mass is 519 g/mol. The Morgan fingerprint density at radius 2 is 1.85 bits per heavy atom. The molecule has 1 aromatic carbocycles. The van der Waals surface area contributed by atoms with Crippen molar-refractivity contribution in [1.29, 1.82) is 0 Å². The van der Waals surface area contributed by atoms with Crippen LogP contribution in [0.15, 0.2) is 40.6 Å². The Labute approximate surface area is 196 Å². The van der Waals surface area contributed by atoms with Gasteiger partial charge in [-0.3, -0.25) is 0 Å². The molecule has 1 saturated heterocycles. The third-order valence-corrected chi connectivity index (χ3v) is 8.64. The molecule has 1 aliphatic heterocycles. The number of halogens is 4. The summed E-state index contributed by atoms with van der Waals surface area (Å²) in [4.78, 5) is 17.9. The summed E-state index contributed by atoms with van der Waals surface area (Å²) >= 11 is 6.81. The molecule has 13 heteroatoms. The lowest BCUT2D eigenvalue weighted by molar-refractivity contribution is -0.136. The average molecular weight is 520 g/mol. The minimum atomic E-state index is -4.66. The van der Waals surface area contributed by atoms with Crippen molar-refractivity contribution in [2.75, 3.05) is 38.2 Å². The van der Waals surface area contributed by atoms with E-state index >= 15 is 0 Å². The van der Waals surface area contributed by atoms with Crippen LogP contribution in [0.4, 0.5) is 19.0 Å². The number of aromatic nitrogens is 1. The van der Waals surface area contributed by atoms with Gasteiger partial charge in [0.1, 0.15) is 10.7 Å². The van der Waals surface area contributed by atoms with Crippen LogP contribution in [0.3, 0.4) is 0 Å². The molecule has 3 aromatic rings. The van der Waals surface area contributed by atoms with Gasteiger partial charge < -0.3 is 9.64 Å². The Morgan fingerprint density at radius 1 is 1.18 bits per heavy atom. The van der Waals surface area contributed by atoms with Gasteiger partial charge in [0.15, 0.2) is 0 Å². The van der Waals surface area contributed by atoms with E-state index in [0.29, 0.717) is 0 Å². The molecule has 0 amide bonds. The molecule has 0 N–H and O–H groups in total. The highest BCUT2D eigenvalue weighted by Gasteiger charge is 2.37. The van der Waals surface area contributed by atoms with Crippen molar-refractivity contribution < 1.29 is 31.1 Å². The lowest BCUT2D eigenvalue weighted by Crippen LogP contribution is -2.49. The third kappa shape index (κ3) is 4.39. The first-order chi connectivity index (χ1) is 15.5. The predicted molar refractivity (Wildman–Crippen MR) is 118 cm³/mol. The largest absolute Gasteiger partial charge is 0.465 e.